The van der Waals surface area contributed by atoms with Crippen LogP contribution in [0.1, 0.15) is 31.7 Å². The minimum atomic E-state index is -4.77. The number of aryl methyl sites for hydroxylation is 1. The molecule has 2 heterocycles. The molecule has 0 fully saturated rings. The highest BCUT2D eigenvalue weighted by Gasteiger charge is 2.41. The molecule has 11 heteroatoms. The second-order valence-corrected chi connectivity index (χ2v) is 7.24. The van der Waals surface area contributed by atoms with Gasteiger partial charge in [0.05, 0.1) is 0 Å². The Labute approximate surface area is 118 Å². The van der Waals surface area contributed by atoms with Crippen LogP contribution in [0.4, 0.5) is 13.2 Å². The summed E-state index contributed by atoms with van der Waals surface area (Å²) in [7, 11) is -2.86. The van der Waals surface area contributed by atoms with Crippen LogP contribution in [-0.2, 0) is 33.7 Å². The molecule has 0 atom stereocenters. The maximum absolute atomic E-state index is 12.8. The lowest BCUT2D eigenvalue weighted by atomic mass is 10.1. The van der Waals surface area contributed by atoms with E-state index in [-0.39, 0.29) is 11.5 Å². The largest absolute Gasteiger partial charge is 0.437 e. The Morgan fingerprint density at radius 1 is 1.33 bits per heavy atom. The van der Waals surface area contributed by atoms with Gasteiger partial charge in [-0.15, -0.1) is 5.10 Å². The molecule has 1 aliphatic heterocycles. The van der Waals surface area contributed by atoms with Gasteiger partial charge in [0.15, 0.2) is 10.7 Å². The summed E-state index contributed by atoms with van der Waals surface area (Å²) in [6.07, 6.45) is -4.77. The van der Waals surface area contributed by atoms with Crippen molar-refractivity contribution in [2.45, 2.75) is 37.8 Å². The second kappa shape index (κ2) is 4.68. The molecular weight excluding hydrogens is 313 g/mol. The summed E-state index contributed by atoms with van der Waals surface area (Å²) in [6, 6.07) is 0. The minimum Gasteiger partial charge on any atom is -0.389 e. The molecule has 21 heavy (non-hydrogen) atoms. The van der Waals surface area contributed by atoms with Crippen LogP contribution in [0, 0.1) is 0 Å². The monoisotopic (exact) mass is 326 g/mol. The van der Waals surface area contributed by atoms with Crippen molar-refractivity contribution in [2.75, 3.05) is 0 Å². The molecular formula is C10H13F3N4O3S. The Morgan fingerprint density at radius 3 is 2.43 bits per heavy atom. The van der Waals surface area contributed by atoms with Crippen LogP contribution in [0.25, 0.3) is 0 Å². The summed E-state index contributed by atoms with van der Waals surface area (Å²) < 4.78 is 62.6. The molecule has 1 aromatic heterocycles. The number of hydrogen-bond acceptors (Lipinski definition) is 6. The molecule has 1 aliphatic rings. The van der Waals surface area contributed by atoms with Gasteiger partial charge in [0, 0.05) is 13.5 Å². The second-order valence-electron chi connectivity index (χ2n) is 5.25. The number of hydrogen-bond donors (Lipinski definition) is 0. The first-order valence-corrected chi connectivity index (χ1v) is 7.51. The lowest BCUT2D eigenvalue weighted by Gasteiger charge is -2.13. The van der Waals surface area contributed by atoms with E-state index in [0.717, 1.165) is 0 Å². The molecule has 118 valence electrons. The molecule has 0 radical (unpaired) electrons. The molecule has 0 aliphatic carbocycles. The van der Waals surface area contributed by atoms with E-state index in [1.54, 1.807) is 13.8 Å². The Hall–Kier alpha value is -1.65. The average Bonchev–Trinajstić information content (AvgIpc) is 2.80. The summed E-state index contributed by atoms with van der Waals surface area (Å²) in [5.41, 5.74) is -2.76. The van der Waals surface area contributed by atoms with Gasteiger partial charge in [0.1, 0.15) is 17.0 Å². The predicted octanol–water partition coefficient (Wildman–Crippen LogP) is 1.26. The van der Waals surface area contributed by atoms with Gasteiger partial charge < -0.3 is 4.84 Å². The van der Waals surface area contributed by atoms with Crippen molar-refractivity contribution in [3.05, 3.63) is 11.4 Å². The van der Waals surface area contributed by atoms with Gasteiger partial charge in [-0.1, -0.05) is 5.16 Å². The number of oxime groups is 1. The third kappa shape index (κ3) is 3.34. The van der Waals surface area contributed by atoms with Crippen LogP contribution < -0.4 is 0 Å². The fourth-order valence-corrected chi connectivity index (χ4v) is 3.24. The van der Waals surface area contributed by atoms with Crippen LogP contribution in [0.5, 0.6) is 0 Å². The number of nitrogens with zero attached hydrogens (tertiary/aromatic N) is 4. The Kier molecular flexibility index (Phi) is 3.51. The van der Waals surface area contributed by atoms with E-state index >= 15 is 0 Å². The van der Waals surface area contributed by atoms with Gasteiger partial charge in [-0.25, -0.2) is 8.42 Å². The standard InChI is InChI=1S/C10H13F3N4O3S/c1-9(2)4-7(16-20-9)21(18,19)5-6-8(10(11,12)13)15-17(3)14-6/h4-5H2,1-3H3. The number of alkyl halides is 3. The molecule has 0 N–H and O–H groups in total. The molecule has 2 rings (SSSR count). The molecule has 0 unspecified atom stereocenters. The van der Waals surface area contributed by atoms with Crippen LogP contribution in [-0.4, -0.2) is 34.1 Å². The minimum absolute atomic E-state index is 0.00303. The first-order valence-electron chi connectivity index (χ1n) is 5.86. The molecule has 0 spiro atoms. The van der Waals surface area contributed by atoms with Gasteiger partial charge in [0.2, 0.25) is 9.84 Å². The maximum atomic E-state index is 12.8. The zero-order chi connectivity index (χ0) is 16.1. The normalized spacial score (nSPS) is 18.5. The molecule has 1 aromatic rings. The van der Waals surface area contributed by atoms with Crippen LogP contribution in [0.3, 0.4) is 0 Å². The number of halogens is 3. The molecule has 0 bridgehead atoms. The summed E-state index contributed by atoms with van der Waals surface area (Å²) >= 11 is 0. The smallest absolute Gasteiger partial charge is 0.389 e. The maximum Gasteiger partial charge on any atom is 0.437 e. The molecule has 0 amide bonds. The lowest BCUT2D eigenvalue weighted by molar-refractivity contribution is -0.142. The third-order valence-electron chi connectivity index (χ3n) is 2.71. The zero-order valence-electron chi connectivity index (χ0n) is 11.5. The fourth-order valence-electron chi connectivity index (χ4n) is 1.80. The van der Waals surface area contributed by atoms with E-state index in [9.17, 15) is 21.6 Å². The van der Waals surface area contributed by atoms with E-state index in [1.165, 1.54) is 7.05 Å². The Bertz CT molecular complexity index is 691. The number of aromatic nitrogens is 3. The van der Waals surface area contributed by atoms with Crippen molar-refractivity contribution < 1.29 is 26.4 Å². The predicted molar refractivity (Wildman–Crippen MR) is 65.8 cm³/mol. The van der Waals surface area contributed by atoms with Crippen molar-refractivity contribution in [3.8, 4) is 0 Å². The molecule has 0 saturated heterocycles. The lowest BCUT2D eigenvalue weighted by Crippen LogP contribution is -2.24. The van der Waals surface area contributed by atoms with Gasteiger partial charge in [-0.3, -0.25) is 0 Å². The van der Waals surface area contributed by atoms with Crippen LogP contribution >= 0.6 is 0 Å². The Balaban J connectivity index is 2.31. The summed E-state index contributed by atoms with van der Waals surface area (Å²) in [6.45, 7) is 3.25. The Morgan fingerprint density at radius 2 is 1.95 bits per heavy atom. The first-order chi connectivity index (χ1) is 9.41. The van der Waals surface area contributed by atoms with E-state index in [4.69, 9.17) is 4.84 Å². The highest BCUT2D eigenvalue weighted by atomic mass is 32.2. The summed E-state index contributed by atoms with van der Waals surface area (Å²) in [5.74, 6) is -0.923. The SMILES string of the molecule is Cn1nc(CS(=O)(=O)C2=NOC(C)(C)C2)c(C(F)(F)F)n1. The van der Waals surface area contributed by atoms with E-state index in [1.807, 2.05) is 0 Å². The summed E-state index contributed by atoms with van der Waals surface area (Å²) in [4.78, 5) is 5.61. The average molecular weight is 326 g/mol. The van der Waals surface area contributed by atoms with Gasteiger partial charge >= 0.3 is 6.18 Å². The van der Waals surface area contributed by atoms with E-state index < -0.39 is 38.8 Å². The first kappa shape index (κ1) is 15.7. The van der Waals surface area contributed by atoms with Crippen molar-refractivity contribution in [3.63, 3.8) is 0 Å². The van der Waals surface area contributed by atoms with Crippen LogP contribution in [0.2, 0.25) is 0 Å². The topological polar surface area (TPSA) is 86.4 Å². The number of sulfone groups is 1. The van der Waals surface area contributed by atoms with Gasteiger partial charge in [0.25, 0.3) is 0 Å². The van der Waals surface area contributed by atoms with Crippen molar-refractivity contribution in [1.82, 2.24) is 15.0 Å². The van der Waals surface area contributed by atoms with Gasteiger partial charge in [-0.2, -0.15) is 23.1 Å². The molecule has 0 aromatic carbocycles. The summed E-state index contributed by atoms with van der Waals surface area (Å²) in [5, 5.41) is 9.81. The quantitative estimate of drug-likeness (QED) is 0.816. The highest BCUT2D eigenvalue weighted by molar-refractivity contribution is 8.05. The molecule has 0 saturated carbocycles. The zero-order valence-corrected chi connectivity index (χ0v) is 12.3. The van der Waals surface area contributed by atoms with Crippen molar-refractivity contribution in [1.29, 1.82) is 0 Å². The fraction of sp³-hybridized carbons (Fsp3) is 0.700. The highest BCUT2D eigenvalue weighted by Crippen LogP contribution is 2.31. The van der Waals surface area contributed by atoms with E-state index in [0.29, 0.717) is 4.80 Å². The van der Waals surface area contributed by atoms with Crippen molar-refractivity contribution >= 4 is 14.9 Å². The third-order valence-corrected chi connectivity index (χ3v) is 4.30. The number of rotatable bonds is 2. The van der Waals surface area contributed by atoms with Crippen LogP contribution in [0.15, 0.2) is 5.16 Å². The van der Waals surface area contributed by atoms with Crippen molar-refractivity contribution in [2.24, 2.45) is 12.2 Å². The van der Waals surface area contributed by atoms with Gasteiger partial charge in [-0.05, 0) is 13.8 Å². The van der Waals surface area contributed by atoms with E-state index in [2.05, 4.69) is 15.4 Å². The molecule has 7 nitrogen and oxygen atoms in total.